The maximum Gasteiger partial charge on any atom is 0.261 e. The molecule has 0 aliphatic rings. The molecule has 132 valence electrons. The van der Waals surface area contributed by atoms with Crippen LogP contribution in [0.3, 0.4) is 0 Å². The molecule has 0 atom stereocenters. The van der Waals surface area contributed by atoms with Crippen molar-refractivity contribution in [3.05, 3.63) is 84.2 Å². The third-order valence-electron chi connectivity index (χ3n) is 3.72. The first-order valence-electron chi connectivity index (χ1n) is 7.85. The lowest BCUT2D eigenvalue weighted by Crippen LogP contribution is -2.16. The van der Waals surface area contributed by atoms with Crippen LogP contribution in [0.4, 0.5) is 11.4 Å². The van der Waals surface area contributed by atoms with E-state index in [0.29, 0.717) is 22.5 Å². The number of nitrogens with one attached hydrogen (secondary N) is 2. The second-order valence-corrected chi connectivity index (χ2v) is 7.33. The Kier molecular flexibility index (Phi) is 4.99. The summed E-state index contributed by atoms with van der Waals surface area (Å²) in [5.74, 6) is -0.349. The van der Waals surface area contributed by atoms with Crippen LogP contribution in [0.15, 0.2) is 78.0 Å². The van der Waals surface area contributed by atoms with Gasteiger partial charge in [-0.15, -0.1) is 0 Å². The van der Waals surface area contributed by atoms with Gasteiger partial charge in [-0.3, -0.25) is 14.5 Å². The van der Waals surface area contributed by atoms with Gasteiger partial charge in [-0.25, -0.2) is 8.42 Å². The van der Waals surface area contributed by atoms with E-state index < -0.39 is 10.0 Å². The Hall–Kier alpha value is -3.19. The molecular formula is C19H17N3O3S. The number of hydrogen-bond donors (Lipinski definition) is 2. The topological polar surface area (TPSA) is 88.2 Å². The van der Waals surface area contributed by atoms with Crippen molar-refractivity contribution in [3.8, 4) is 0 Å². The van der Waals surface area contributed by atoms with Crippen molar-refractivity contribution in [3.63, 3.8) is 0 Å². The van der Waals surface area contributed by atoms with Crippen LogP contribution in [0.25, 0.3) is 0 Å². The summed E-state index contributed by atoms with van der Waals surface area (Å²) in [5, 5.41) is 2.72. The smallest absolute Gasteiger partial charge is 0.261 e. The summed E-state index contributed by atoms with van der Waals surface area (Å²) < 4.78 is 27.6. The number of pyridine rings is 1. The van der Waals surface area contributed by atoms with Crippen LogP contribution in [0, 0.1) is 6.92 Å². The van der Waals surface area contributed by atoms with Gasteiger partial charge in [-0.2, -0.15) is 0 Å². The Balaban J connectivity index is 1.85. The molecule has 0 aliphatic heterocycles. The highest BCUT2D eigenvalue weighted by molar-refractivity contribution is 7.92. The number of aromatic nitrogens is 1. The molecule has 0 aliphatic carbocycles. The minimum Gasteiger partial charge on any atom is -0.321 e. The molecule has 2 aromatic carbocycles. The standard InChI is InChI=1S/C19H17N3O3S/c1-14-9-10-15(19(23)21-16-6-5-11-20-13-16)12-18(14)22-26(24,25)17-7-3-2-4-8-17/h2-13,22H,1H3,(H,21,23). The first-order valence-corrected chi connectivity index (χ1v) is 9.34. The summed E-state index contributed by atoms with van der Waals surface area (Å²) in [6.45, 7) is 1.77. The van der Waals surface area contributed by atoms with E-state index in [-0.39, 0.29) is 10.8 Å². The van der Waals surface area contributed by atoms with Crippen molar-refractivity contribution < 1.29 is 13.2 Å². The van der Waals surface area contributed by atoms with Crippen molar-refractivity contribution in [1.29, 1.82) is 0 Å². The zero-order chi connectivity index (χ0) is 18.6. The van der Waals surface area contributed by atoms with Crippen LogP contribution < -0.4 is 10.0 Å². The van der Waals surface area contributed by atoms with Crippen molar-refractivity contribution in [2.45, 2.75) is 11.8 Å². The number of sulfonamides is 1. The third-order valence-corrected chi connectivity index (χ3v) is 5.10. The summed E-state index contributed by atoms with van der Waals surface area (Å²) in [6.07, 6.45) is 3.14. The summed E-state index contributed by atoms with van der Waals surface area (Å²) in [4.78, 5) is 16.5. The molecule has 0 saturated carbocycles. The van der Waals surface area contributed by atoms with Crippen molar-refractivity contribution in [1.82, 2.24) is 4.98 Å². The first-order chi connectivity index (χ1) is 12.5. The fourth-order valence-corrected chi connectivity index (χ4v) is 3.46. The van der Waals surface area contributed by atoms with E-state index in [2.05, 4.69) is 15.0 Å². The predicted molar refractivity (Wildman–Crippen MR) is 101 cm³/mol. The molecule has 6 nitrogen and oxygen atoms in total. The van der Waals surface area contributed by atoms with Gasteiger partial charge in [0, 0.05) is 11.8 Å². The number of hydrogen-bond acceptors (Lipinski definition) is 4. The molecular weight excluding hydrogens is 350 g/mol. The normalized spacial score (nSPS) is 11.0. The van der Waals surface area contributed by atoms with Crippen molar-refractivity contribution in [2.75, 3.05) is 10.0 Å². The lowest BCUT2D eigenvalue weighted by molar-refractivity contribution is 0.102. The number of benzene rings is 2. The molecule has 3 aromatic rings. The van der Waals surface area contributed by atoms with Gasteiger partial charge in [-0.1, -0.05) is 24.3 Å². The zero-order valence-corrected chi connectivity index (χ0v) is 14.8. The maximum atomic E-state index is 12.5. The monoisotopic (exact) mass is 367 g/mol. The van der Waals surface area contributed by atoms with Crippen LogP contribution in [-0.4, -0.2) is 19.3 Å². The molecule has 1 amide bonds. The Bertz CT molecular complexity index is 1020. The Morgan fingerprint density at radius 1 is 1.00 bits per heavy atom. The number of carbonyl (C=O) groups excluding carboxylic acids is 1. The molecule has 0 radical (unpaired) electrons. The highest BCUT2D eigenvalue weighted by Gasteiger charge is 2.16. The SMILES string of the molecule is Cc1ccc(C(=O)Nc2cccnc2)cc1NS(=O)(=O)c1ccccc1. The lowest BCUT2D eigenvalue weighted by Gasteiger charge is -2.12. The molecule has 0 fully saturated rings. The van der Waals surface area contributed by atoms with E-state index in [0.717, 1.165) is 0 Å². The third kappa shape index (κ3) is 4.07. The number of rotatable bonds is 5. The fraction of sp³-hybridized carbons (Fsp3) is 0.0526. The van der Waals surface area contributed by atoms with E-state index >= 15 is 0 Å². The van der Waals surface area contributed by atoms with Crippen molar-refractivity contribution in [2.24, 2.45) is 0 Å². The van der Waals surface area contributed by atoms with Gasteiger partial charge in [0.2, 0.25) is 0 Å². The number of amides is 1. The molecule has 0 unspecified atom stereocenters. The fourth-order valence-electron chi connectivity index (χ4n) is 2.32. The molecule has 1 heterocycles. The molecule has 26 heavy (non-hydrogen) atoms. The zero-order valence-electron chi connectivity index (χ0n) is 14.0. The van der Waals surface area contributed by atoms with Crippen molar-refractivity contribution >= 4 is 27.3 Å². The van der Waals surface area contributed by atoms with Crippen LogP contribution in [-0.2, 0) is 10.0 Å². The maximum absolute atomic E-state index is 12.5. The number of carbonyl (C=O) groups is 1. The lowest BCUT2D eigenvalue weighted by atomic mass is 10.1. The molecule has 7 heteroatoms. The van der Waals surface area contributed by atoms with E-state index in [4.69, 9.17) is 0 Å². The highest BCUT2D eigenvalue weighted by atomic mass is 32.2. The van der Waals surface area contributed by atoms with Crippen LogP contribution in [0.2, 0.25) is 0 Å². The highest BCUT2D eigenvalue weighted by Crippen LogP contribution is 2.22. The number of nitrogens with zero attached hydrogens (tertiary/aromatic N) is 1. The van der Waals surface area contributed by atoms with Gasteiger partial charge in [0.15, 0.2) is 0 Å². The van der Waals surface area contributed by atoms with E-state index in [9.17, 15) is 13.2 Å². The molecule has 0 spiro atoms. The van der Waals surface area contributed by atoms with Crippen LogP contribution >= 0.6 is 0 Å². The minimum atomic E-state index is -3.73. The summed E-state index contributed by atoms with van der Waals surface area (Å²) in [7, 11) is -3.73. The van der Waals surface area contributed by atoms with Gasteiger partial charge in [-0.05, 0) is 48.9 Å². The summed E-state index contributed by atoms with van der Waals surface area (Å²) in [5.41, 5.74) is 1.96. The van der Waals surface area contributed by atoms with Gasteiger partial charge >= 0.3 is 0 Å². The average Bonchev–Trinajstić information content (AvgIpc) is 2.65. The molecule has 0 saturated heterocycles. The molecule has 1 aromatic heterocycles. The summed E-state index contributed by atoms with van der Waals surface area (Å²) >= 11 is 0. The van der Waals surface area contributed by atoms with Crippen LogP contribution in [0.5, 0.6) is 0 Å². The predicted octanol–water partition coefficient (Wildman–Crippen LogP) is 3.44. The van der Waals surface area contributed by atoms with E-state index in [1.165, 1.54) is 24.4 Å². The summed E-state index contributed by atoms with van der Waals surface area (Å²) in [6, 6.07) is 16.4. The molecule has 2 N–H and O–H groups in total. The van der Waals surface area contributed by atoms with Gasteiger partial charge in [0.25, 0.3) is 15.9 Å². The van der Waals surface area contributed by atoms with E-state index in [1.807, 2.05) is 0 Å². The second-order valence-electron chi connectivity index (χ2n) is 5.64. The Morgan fingerprint density at radius 2 is 1.77 bits per heavy atom. The number of anilines is 2. The Morgan fingerprint density at radius 3 is 2.46 bits per heavy atom. The largest absolute Gasteiger partial charge is 0.321 e. The molecule has 3 rings (SSSR count). The van der Waals surface area contributed by atoms with Gasteiger partial charge in [0.1, 0.15) is 0 Å². The van der Waals surface area contributed by atoms with Gasteiger partial charge < -0.3 is 5.32 Å². The minimum absolute atomic E-state index is 0.157. The molecule has 0 bridgehead atoms. The Labute approximate surface area is 152 Å². The van der Waals surface area contributed by atoms with E-state index in [1.54, 1.807) is 55.6 Å². The van der Waals surface area contributed by atoms with Gasteiger partial charge in [0.05, 0.1) is 22.5 Å². The van der Waals surface area contributed by atoms with Crippen LogP contribution in [0.1, 0.15) is 15.9 Å². The second kappa shape index (κ2) is 7.37. The quantitative estimate of drug-likeness (QED) is 0.723. The first kappa shape index (κ1) is 17.6. The number of aryl methyl sites for hydroxylation is 1. The average molecular weight is 367 g/mol.